The van der Waals surface area contributed by atoms with E-state index >= 15 is 0 Å². The van der Waals surface area contributed by atoms with E-state index in [1.54, 1.807) is 24.0 Å². The topological polar surface area (TPSA) is 63.6 Å². The molecule has 1 fully saturated rings. The van der Waals surface area contributed by atoms with Crippen LogP contribution in [0.25, 0.3) is 10.9 Å². The van der Waals surface area contributed by atoms with Crippen LogP contribution in [0.5, 0.6) is 0 Å². The summed E-state index contributed by atoms with van der Waals surface area (Å²) in [5.41, 5.74) is 2.45. The lowest BCUT2D eigenvalue weighted by molar-refractivity contribution is -0.141. The molecule has 1 N–H and O–H groups in total. The van der Waals surface area contributed by atoms with Crippen molar-refractivity contribution >= 4 is 34.3 Å². The molecule has 1 aromatic heterocycles. The molecule has 6 nitrogen and oxygen atoms in total. The maximum atomic E-state index is 14.5. The molecule has 0 aliphatic carbocycles. The van der Waals surface area contributed by atoms with Gasteiger partial charge in [-0.1, -0.05) is 48.9 Å². The lowest BCUT2D eigenvalue weighted by atomic mass is 10.1. The second-order valence-electron chi connectivity index (χ2n) is 8.62. The number of carbonyl (C=O) groups excluding carboxylic acids is 2. The number of aromatic nitrogens is 1. The van der Waals surface area contributed by atoms with Gasteiger partial charge in [0, 0.05) is 36.3 Å². The number of rotatable bonds is 7. The van der Waals surface area contributed by atoms with Crippen LogP contribution in [-0.2, 0) is 27.3 Å². The number of methoxy groups -OCH3 is 1. The summed E-state index contributed by atoms with van der Waals surface area (Å²) in [6.07, 6.45) is 2.98. The first-order valence-corrected chi connectivity index (χ1v) is 11.9. The molecule has 3 atom stereocenters. The van der Waals surface area contributed by atoms with Crippen molar-refractivity contribution < 1.29 is 18.7 Å². The number of para-hydroxylation sites is 1. The molecule has 0 saturated carbocycles. The largest absolute Gasteiger partial charge is 0.379 e. The summed E-state index contributed by atoms with van der Waals surface area (Å²) in [5.74, 6) is -1.10. The number of carbonyl (C=O) groups is 2. The average molecular weight is 486 g/mol. The minimum Gasteiger partial charge on any atom is -0.379 e. The van der Waals surface area contributed by atoms with Gasteiger partial charge < -0.3 is 19.5 Å². The Kier molecular flexibility index (Phi) is 7.24. The van der Waals surface area contributed by atoms with Gasteiger partial charge in [-0.25, -0.2) is 4.39 Å². The molecule has 2 amide bonds. The monoisotopic (exact) mass is 485 g/mol. The first kappa shape index (κ1) is 24.2. The number of halogens is 2. The van der Waals surface area contributed by atoms with E-state index in [0.717, 1.165) is 17.3 Å². The molecule has 8 heteroatoms. The van der Waals surface area contributed by atoms with E-state index in [9.17, 15) is 14.0 Å². The summed E-state index contributed by atoms with van der Waals surface area (Å²) < 4.78 is 21.9. The van der Waals surface area contributed by atoms with Crippen LogP contribution >= 0.6 is 11.6 Å². The zero-order valence-electron chi connectivity index (χ0n) is 19.6. The van der Waals surface area contributed by atoms with Gasteiger partial charge in [0.1, 0.15) is 18.4 Å². The molecule has 0 bridgehead atoms. The number of aryl methyl sites for hydroxylation is 1. The summed E-state index contributed by atoms with van der Waals surface area (Å²) in [6.45, 7) is 4.31. The number of benzene rings is 2. The van der Waals surface area contributed by atoms with E-state index in [1.165, 1.54) is 18.7 Å². The fraction of sp³-hybridized carbons (Fsp3) is 0.385. The van der Waals surface area contributed by atoms with Gasteiger partial charge in [-0.15, -0.1) is 0 Å². The van der Waals surface area contributed by atoms with Gasteiger partial charge in [0.05, 0.1) is 17.2 Å². The molecule has 34 heavy (non-hydrogen) atoms. The molecule has 1 aliphatic heterocycles. The lowest BCUT2D eigenvalue weighted by Crippen LogP contribution is -2.51. The van der Waals surface area contributed by atoms with Crippen LogP contribution < -0.4 is 5.32 Å². The van der Waals surface area contributed by atoms with Crippen molar-refractivity contribution in [1.29, 1.82) is 0 Å². The first-order valence-electron chi connectivity index (χ1n) is 11.5. The standard InChI is InChI=1S/C26H29ClFN3O3/c1-4-17-14-30(21-11-6-5-8-19(17)21)15-23(32)31-13-12-22(34-3)25(31)26(33)29-16(2)18-9-7-10-20(27)24(18)28/h5-11,14,16,22,25H,4,12-13,15H2,1-3H3,(H,29,33). The Labute approximate surface area is 203 Å². The third-order valence-electron chi connectivity index (χ3n) is 6.60. The van der Waals surface area contributed by atoms with Crippen molar-refractivity contribution in [3.8, 4) is 0 Å². The van der Waals surface area contributed by atoms with Crippen LogP contribution in [0.15, 0.2) is 48.7 Å². The molecule has 2 aromatic carbocycles. The van der Waals surface area contributed by atoms with Crippen LogP contribution in [0.2, 0.25) is 5.02 Å². The fourth-order valence-electron chi connectivity index (χ4n) is 4.80. The molecule has 1 aliphatic rings. The van der Waals surface area contributed by atoms with E-state index in [0.29, 0.717) is 13.0 Å². The molecule has 0 radical (unpaired) electrons. The molecule has 4 rings (SSSR count). The summed E-state index contributed by atoms with van der Waals surface area (Å²) in [7, 11) is 1.53. The van der Waals surface area contributed by atoms with Crippen LogP contribution in [0.3, 0.4) is 0 Å². The second kappa shape index (κ2) is 10.2. The molecule has 3 unspecified atom stereocenters. The predicted molar refractivity (Wildman–Crippen MR) is 130 cm³/mol. The zero-order chi connectivity index (χ0) is 24.4. The van der Waals surface area contributed by atoms with E-state index in [1.807, 2.05) is 29.0 Å². The number of likely N-dealkylation sites (tertiary alicyclic amines) is 1. The Morgan fingerprint density at radius 2 is 2.00 bits per heavy atom. The molecule has 2 heterocycles. The van der Waals surface area contributed by atoms with Gasteiger partial charge in [-0.2, -0.15) is 0 Å². The Morgan fingerprint density at radius 1 is 1.24 bits per heavy atom. The molecule has 3 aromatic rings. The third-order valence-corrected chi connectivity index (χ3v) is 6.89. The highest BCUT2D eigenvalue weighted by Crippen LogP contribution is 2.27. The van der Waals surface area contributed by atoms with Gasteiger partial charge in [-0.05, 0) is 37.5 Å². The van der Waals surface area contributed by atoms with Crippen LogP contribution in [0.1, 0.15) is 37.4 Å². The van der Waals surface area contributed by atoms with Gasteiger partial charge in [-0.3, -0.25) is 9.59 Å². The Balaban J connectivity index is 1.54. The predicted octanol–water partition coefficient (Wildman–Crippen LogP) is 4.49. The van der Waals surface area contributed by atoms with Gasteiger partial charge in [0.15, 0.2) is 0 Å². The number of nitrogens with zero attached hydrogens (tertiary/aromatic N) is 2. The SMILES string of the molecule is CCc1cn(CC(=O)N2CCC(OC)C2C(=O)NC(C)c2cccc(Cl)c2F)c2ccccc12. The maximum Gasteiger partial charge on any atom is 0.245 e. The highest BCUT2D eigenvalue weighted by Gasteiger charge is 2.42. The van der Waals surface area contributed by atoms with E-state index in [-0.39, 0.29) is 28.9 Å². The van der Waals surface area contributed by atoms with Gasteiger partial charge in [0.2, 0.25) is 11.8 Å². The average Bonchev–Trinajstić information content (AvgIpc) is 3.42. The normalized spacial score (nSPS) is 18.9. The van der Waals surface area contributed by atoms with Gasteiger partial charge in [0.25, 0.3) is 0 Å². The van der Waals surface area contributed by atoms with Crippen molar-refractivity contribution in [3.63, 3.8) is 0 Å². The van der Waals surface area contributed by atoms with Crippen LogP contribution in [0, 0.1) is 5.82 Å². The smallest absolute Gasteiger partial charge is 0.245 e. The van der Waals surface area contributed by atoms with Gasteiger partial charge >= 0.3 is 0 Å². The number of fused-ring (bicyclic) bond motifs is 1. The number of hydrogen-bond donors (Lipinski definition) is 1. The second-order valence-corrected chi connectivity index (χ2v) is 9.03. The summed E-state index contributed by atoms with van der Waals surface area (Å²) in [4.78, 5) is 28.2. The van der Waals surface area contributed by atoms with Crippen LogP contribution in [0.4, 0.5) is 4.39 Å². The lowest BCUT2D eigenvalue weighted by Gasteiger charge is -2.28. The van der Waals surface area contributed by atoms with E-state index < -0.39 is 24.0 Å². The van der Waals surface area contributed by atoms with Crippen molar-refractivity contribution in [2.24, 2.45) is 0 Å². The third kappa shape index (κ3) is 4.55. The number of nitrogens with one attached hydrogen (secondary N) is 1. The van der Waals surface area contributed by atoms with Crippen molar-refractivity contribution in [2.45, 2.75) is 51.4 Å². The van der Waals surface area contributed by atoms with Crippen molar-refractivity contribution in [2.75, 3.05) is 13.7 Å². The number of hydrogen-bond acceptors (Lipinski definition) is 3. The molecular weight excluding hydrogens is 457 g/mol. The molecular formula is C26H29ClFN3O3. The van der Waals surface area contributed by atoms with E-state index in [4.69, 9.17) is 16.3 Å². The quantitative estimate of drug-likeness (QED) is 0.536. The Bertz CT molecular complexity index is 1210. The molecule has 180 valence electrons. The van der Waals surface area contributed by atoms with Crippen molar-refractivity contribution in [1.82, 2.24) is 14.8 Å². The molecule has 0 spiro atoms. The van der Waals surface area contributed by atoms with Crippen LogP contribution in [-0.4, -0.2) is 47.1 Å². The summed E-state index contributed by atoms with van der Waals surface area (Å²) in [6, 6.07) is 11.2. The summed E-state index contributed by atoms with van der Waals surface area (Å²) in [5, 5.41) is 3.97. The molecule has 1 saturated heterocycles. The van der Waals surface area contributed by atoms with E-state index in [2.05, 4.69) is 18.3 Å². The summed E-state index contributed by atoms with van der Waals surface area (Å²) >= 11 is 5.90. The Morgan fingerprint density at radius 3 is 2.74 bits per heavy atom. The Hall–Kier alpha value is -2.90. The van der Waals surface area contributed by atoms with Crippen molar-refractivity contribution in [3.05, 3.63) is 70.6 Å². The zero-order valence-corrected chi connectivity index (χ0v) is 20.3. The fourth-order valence-corrected chi connectivity index (χ4v) is 4.99. The number of ether oxygens (including phenoxy) is 1. The minimum absolute atomic E-state index is 0.00330. The first-order chi connectivity index (χ1) is 16.3. The minimum atomic E-state index is -0.797. The number of amides is 2. The highest BCUT2D eigenvalue weighted by molar-refractivity contribution is 6.30. The highest BCUT2D eigenvalue weighted by atomic mass is 35.5. The maximum absolute atomic E-state index is 14.5.